The molecule has 0 unspecified atom stereocenters. The van der Waals surface area contributed by atoms with Gasteiger partial charge in [-0.15, -0.1) is 10.2 Å². The van der Waals surface area contributed by atoms with Crippen molar-refractivity contribution in [2.75, 3.05) is 0 Å². The molecular weight excluding hydrogens is 280 g/mol. The van der Waals surface area contributed by atoms with Crippen molar-refractivity contribution in [3.05, 3.63) is 38.8 Å². The van der Waals surface area contributed by atoms with Gasteiger partial charge in [0.25, 0.3) is 0 Å². The first-order chi connectivity index (χ1) is 8.86. The van der Waals surface area contributed by atoms with Crippen LogP contribution in [-0.2, 0) is 12.0 Å². The lowest BCUT2D eigenvalue weighted by Gasteiger charge is -2.23. The summed E-state index contributed by atoms with van der Waals surface area (Å²) < 4.78 is 6.31. The molecule has 0 spiro atoms. The van der Waals surface area contributed by atoms with Crippen LogP contribution in [0.5, 0.6) is 5.75 Å². The molecule has 0 fully saturated rings. The number of ether oxygens (including phenoxy) is 1. The van der Waals surface area contributed by atoms with Crippen molar-refractivity contribution in [1.29, 1.82) is 0 Å². The summed E-state index contributed by atoms with van der Waals surface area (Å²) in [7, 11) is 0. The van der Waals surface area contributed by atoms with Crippen LogP contribution in [-0.4, -0.2) is 10.2 Å². The molecule has 1 heterocycles. The Balaban J connectivity index is 2.20. The van der Waals surface area contributed by atoms with E-state index >= 15 is 0 Å². The zero-order valence-corrected chi connectivity index (χ0v) is 13.1. The Kier molecular flexibility index (Phi) is 4.11. The quantitative estimate of drug-likeness (QED) is 0.843. The fraction of sp³-hybridized carbons (Fsp3) is 0.429. The Morgan fingerprint density at radius 2 is 2.00 bits per heavy atom. The van der Waals surface area contributed by atoms with Crippen LogP contribution in [0.15, 0.2) is 18.2 Å². The van der Waals surface area contributed by atoms with Crippen LogP contribution in [0.4, 0.5) is 0 Å². The van der Waals surface area contributed by atoms with Gasteiger partial charge in [-0.2, -0.15) is 0 Å². The molecule has 3 nitrogen and oxygen atoms in total. The van der Waals surface area contributed by atoms with Gasteiger partial charge in [-0.1, -0.05) is 49.8 Å². The number of benzene rings is 1. The highest BCUT2D eigenvalue weighted by atomic mass is 35.5. The van der Waals surface area contributed by atoms with Crippen LogP contribution in [0.3, 0.4) is 0 Å². The molecule has 0 amide bonds. The van der Waals surface area contributed by atoms with Crippen LogP contribution in [0.1, 0.15) is 36.9 Å². The number of hydrogen-bond acceptors (Lipinski definition) is 4. The maximum atomic E-state index is 5.87. The molecule has 5 heteroatoms. The lowest BCUT2D eigenvalue weighted by molar-refractivity contribution is 0.296. The normalized spacial score (nSPS) is 11.6. The van der Waals surface area contributed by atoms with Gasteiger partial charge in [0.1, 0.15) is 12.4 Å². The Morgan fingerprint density at radius 1 is 1.26 bits per heavy atom. The van der Waals surface area contributed by atoms with Crippen molar-refractivity contribution in [1.82, 2.24) is 10.2 Å². The molecule has 0 radical (unpaired) electrons. The maximum Gasteiger partial charge on any atom is 0.207 e. The zero-order valence-electron chi connectivity index (χ0n) is 11.5. The van der Waals surface area contributed by atoms with Gasteiger partial charge in [0.05, 0.1) is 0 Å². The van der Waals surface area contributed by atoms with Gasteiger partial charge < -0.3 is 4.74 Å². The molecule has 0 aliphatic carbocycles. The van der Waals surface area contributed by atoms with Gasteiger partial charge in [-0.3, -0.25) is 0 Å². The largest absolute Gasteiger partial charge is 0.486 e. The number of aromatic nitrogens is 2. The third-order valence-corrected chi connectivity index (χ3v) is 3.73. The third kappa shape index (κ3) is 3.67. The third-order valence-electron chi connectivity index (χ3n) is 2.74. The molecule has 0 bridgehead atoms. The summed E-state index contributed by atoms with van der Waals surface area (Å²) in [5.74, 6) is 0.893. The topological polar surface area (TPSA) is 35.0 Å². The second-order valence-electron chi connectivity index (χ2n) is 5.49. The zero-order chi connectivity index (χ0) is 14.0. The molecule has 1 aromatic heterocycles. The predicted octanol–water partition coefficient (Wildman–Crippen LogP) is 4.38. The van der Waals surface area contributed by atoms with E-state index in [0.717, 1.165) is 10.8 Å². The van der Waals surface area contributed by atoms with Gasteiger partial charge >= 0.3 is 0 Å². The highest BCUT2D eigenvalue weighted by Gasteiger charge is 2.19. The van der Waals surface area contributed by atoms with Crippen molar-refractivity contribution in [2.24, 2.45) is 0 Å². The van der Waals surface area contributed by atoms with Crippen LogP contribution >= 0.6 is 22.9 Å². The standard InChI is InChI=1S/C14H17ClN2OS/c1-9-5-6-11(10(7-9)14(2,3)4)18-8-12-16-17-13(15)19-12/h5-7H,8H2,1-4H3. The Morgan fingerprint density at radius 3 is 2.58 bits per heavy atom. The molecular formula is C14H17ClN2OS. The first kappa shape index (κ1) is 14.3. The van der Waals surface area contributed by atoms with Crippen molar-refractivity contribution in [3.8, 4) is 5.75 Å². The average Bonchev–Trinajstić information content (AvgIpc) is 2.72. The average molecular weight is 297 g/mol. The Labute approximate surface area is 122 Å². The SMILES string of the molecule is Cc1ccc(OCc2nnc(Cl)s2)c(C(C)(C)C)c1. The lowest BCUT2D eigenvalue weighted by atomic mass is 9.85. The monoisotopic (exact) mass is 296 g/mol. The van der Waals surface area contributed by atoms with Crippen LogP contribution in [0.2, 0.25) is 4.47 Å². The van der Waals surface area contributed by atoms with Crippen molar-refractivity contribution >= 4 is 22.9 Å². The van der Waals surface area contributed by atoms with Gasteiger partial charge in [0.15, 0.2) is 5.01 Å². The van der Waals surface area contributed by atoms with Crippen LogP contribution in [0.25, 0.3) is 0 Å². The van der Waals surface area contributed by atoms with E-state index < -0.39 is 0 Å². The fourth-order valence-electron chi connectivity index (χ4n) is 1.79. The van der Waals surface area contributed by atoms with E-state index in [-0.39, 0.29) is 5.41 Å². The second-order valence-corrected chi connectivity index (χ2v) is 7.13. The summed E-state index contributed by atoms with van der Waals surface area (Å²) in [5, 5.41) is 8.50. The molecule has 0 atom stereocenters. The molecule has 102 valence electrons. The van der Waals surface area contributed by atoms with E-state index in [4.69, 9.17) is 16.3 Å². The van der Waals surface area contributed by atoms with Gasteiger partial charge in [0.2, 0.25) is 4.47 Å². The summed E-state index contributed by atoms with van der Waals surface area (Å²) in [5.41, 5.74) is 2.47. The molecule has 0 aliphatic rings. The lowest BCUT2D eigenvalue weighted by Crippen LogP contribution is -2.13. The predicted molar refractivity (Wildman–Crippen MR) is 79.1 cm³/mol. The summed E-state index contributed by atoms with van der Waals surface area (Å²) in [4.78, 5) is 0. The van der Waals surface area contributed by atoms with Gasteiger partial charge in [-0.25, -0.2) is 0 Å². The molecule has 0 saturated carbocycles. The van der Waals surface area contributed by atoms with Crippen molar-refractivity contribution in [3.63, 3.8) is 0 Å². The van der Waals surface area contributed by atoms with E-state index in [1.54, 1.807) is 0 Å². The minimum atomic E-state index is 0.0418. The summed E-state index contributed by atoms with van der Waals surface area (Å²) in [6, 6.07) is 6.23. The molecule has 1 aromatic carbocycles. The summed E-state index contributed by atoms with van der Waals surface area (Å²) >= 11 is 7.10. The molecule has 19 heavy (non-hydrogen) atoms. The van der Waals surface area contributed by atoms with Gasteiger partial charge in [0, 0.05) is 0 Å². The van der Waals surface area contributed by atoms with Crippen molar-refractivity contribution < 1.29 is 4.74 Å². The number of nitrogens with zero attached hydrogens (tertiary/aromatic N) is 2. The molecule has 2 rings (SSSR count). The fourth-order valence-corrected chi connectivity index (χ4v) is 2.57. The Hall–Kier alpha value is -1.13. The minimum Gasteiger partial charge on any atom is -0.486 e. The minimum absolute atomic E-state index is 0.0418. The van der Waals surface area contributed by atoms with Crippen LogP contribution < -0.4 is 4.74 Å². The first-order valence-corrected chi connectivity index (χ1v) is 7.27. The van der Waals surface area contributed by atoms with E-state index in [9.17, 15) is 0 Å². The van der Waals surface area contributed by atoms with E-state index in [0.29, 0.717) is 11.1 Å². The van der Waals surface area contributed by atoms with Gasteiger partial charge in [-0.05, 0) is 35.6 Å². The maximum absolute atomic E-state index is 5.87. The smallest absolute Gasteiger partial charge is 0.207 e. The van der Waals surface area contributed by atoms with E-state index in [2.05, 4.69) is 50.0 Å². The molecule has 2 aromatic rings. The number of rotatable bonds is 3. The molecule has 0 aliphatic heterocycles. The number of aryl methyl sites for hydroxylation is 1. The summed E-state index contributed by atoms with van der Waals surface area (Å²) in [6.07, 6.45) is 0. The number of halogens is 1. The second kappa shape index (κ2) is 5.47. The van der Waals surface area contributed by atoms with Crippen LogP contribution in [0, 0.1) is 6.92 Å². The number of hydrogen-bond donors (Lipinski definition) is 0. The van der Waals surface area contributed by atoms with E-state index in [1.165, 1.54) is 22.5 Å². The van der Waals surface area contributed by atoms with E-state index in [1.807, 2.05) is 6.07 Å². The van der Waals surface area contributed by atoms with Crippen molar-refractivity contribution in [2.45, 2.75) is 39.7 Å². The Bertz CT molecular complexity index is 575. The first-order valence-electron chi connectivity index (χ1n) is 6.08. The highest BCUT2D eigenvalue weighted by Crippen LogP contribution is 2.32. The molecule has 0 saturated heterocycles. The summed E-state index contributed by atoms with van der Waals surface area (Å²) in [6.45, 7) is 9.02. The molecule has 0 N–H and O–H groups in total. The highest BCUT2D eigenvalue weighted by molar-refractivity contribution is 7.15.